The molecule has 0 amide bonds. The zero-order valence-corrected chi connectivity index (χ0v) is 5.94. The normalized spacial score (nSPS) is 33.7. The molecule has 3 N–H and O–H groups in total. The minimum Gasteiger partial charge on any atom is -0.387 e. The summed E-state index contributed by atoms with van der Waals surface area (Å²) in [6.45, 7) is 0. The van der Waals surface area contributed by atoms with Gasteiger partial charge >= 0.3 is 0 Å². The largest absolute Gasteiger partial charge is 0.387 e. The van der Waals surface area contributed by atoms with Gasteiger partial charge in [-0.05, 0) is 25.7 Å². The van der Waals surface area contributed by atoms with E-state index in [1.54, 1.807) is 0 Å². The van der Waals surface area contributed by atoms with Crippen molar-refractivity contribution < 1.29 is 4.39 Å². The Bertz CT molecular complexity index is 136. The summed E-state index contributed by atoms with van der Waals surface area (Å²) >= 11 is 0. The van der Waals surface area contributed by atoms with Crippen LogP contribution in [-0.2, 0) is 0 Å². The van der Waals surface area contributed by atoms with Crippen molar-refractivity contribution >= 4 is 5.84 Å². The first-order valence-corrected chi connectivity index (χ1v) is 3.68. The van der Waals surface area contributed by atoms with Crippen LogP contribution in [0.1, 0.15) is 25.7 Å². The van der Waals surface area contributed by atoms with Crippen LogP contribution in [0.4, 0.5) is 4.39 Å². The van der Waals surface area contributed by atoms with E-state index in [4.69, 9.17) is 11.1 Å². The zero-order valence-electron chi connectivity index (χ0n) is 5.94. The lowest BCUT2D eigenvalue weighted by Gasteiger charge is -2.22. The number of halogens is 1. The van der Waals surface area contributed by atoms with Gasteiger partial charge in [0, 0.05) is 5.92 Å². The number of hydrogen-bond acceptors (Lipinski definition) is 1. The van der Waals surface area contributed by atoms with Crippen LogP contribution in [0.25, 0.3) is 0 Å². The first kappa shape index (κ1) is 7.51. The molecule has 2 nitrogen and oxygen atoms in total. The van der Waals surface area contributed by atoms with Crippen molar-refractivity contribution in [2.45, 2.75) is 31.9 Å². The fourth-order valence-electron chi connectivity index (χ4n) is 1.41. The summed E-state index contributed by atoms with van der Waals surface area (Å²) in [5.41, 5.74) is 5.25. The lowest BCUT2D eigenvalue weighted by Crippen LogP contribution is -2.28. The third kappa shape index (κ3) is 1.69. The van der Waals surface area contributed by atoms with Crippen molar-refractivity contribution in [1.82, 2.24) is 0 Å². The van der Waals surface area contributed by atoms with Crippen LogP contribution >= 0.6 is 0 Å². The van der Waals surface area contributed by atoms with Crippen LogP contribution in [0.2, 0.25) is 0 Å². The van der Waals surface area contributed by atoms with E-state index < -0.39 is 6.17 Å². The quantitative estimate of drug-likeness (QED) is 0.424. The van der Waals surface area contributed by atoms with Crippen LogP contribution in [0.5, 0.6) is 0 Å². The molecule has 2 unspecified atom stereocenters. The molecule has 10 heavy (non-hydrogen) atoms. The van der Waals surface area contributed by atoms with E-state index in [0.717, 1.165) is 12.8 Å². The molecule has 1 aliphatic rings. The second kappa shape index (κ2) is 2.99. The van der Waals surface area contributed by atoms with E-state index in [2.05, 4.69) is 0 Å². The maximum absolute atomic E-state index is 12.6. The van der Waals surface area contributed by atoms with Gasteiger partial charge in [0.05, 0.1) is 5.84 Å². The molecule has 1 rings (SSSR count). The molecule has 0 spiro atoms. The highest BCUT2D eigenvalue weighted by molar-refractivity contribution is 5.79. The van der Waals surface area contributed by atoms with E-state index in [-0.39, 0.29) is 11.8 Å². The predicted molar refractivity (Wildman–Crippen MR) is 38.8 cm³/mol. The van der Waals surface area contributed by atoms with E-state index in [0.29, 0.717) is 12.8 Å². The molecule has 0 bridgehead atoms. The molecule has 1 saturated carbocycles. The number of amidine groups is 1. The first-order valence-electron chi connectivity index (χ1n) is 3.68. The maximum atomic E-state index is 12.6. The minimum absolute atomic E-state index is 0.0174. The summed E-state index contributed by atoms with van der Waals surface area (Å²) in [5, 5.41) is 7.09. The van der Waals surface area contributed by atoms with E-state index >= 15 is 0 Å². The van der Waals surface area contributed by atoms with Gasteiger partial charge in [0.1, 0.15) is 6.17 Å². The lowest BCUT2D eigenvalue weighted by atomic mass is 9.87. The molecule has 0 aromatic heterocycles. The van der Waals surface area contributed by atoms with Gasteiger partial charge in [-0.2, -0.15) is 0 Å². The Morgan fingerprint density at radius 2 is 2.20 bits per heavy atom. The molecule has 0 aromatic carbocycles. The van der Waals surface area contributed by atoms with Crippen LogP contribution in [0, 0.1) is 11.3 Å². The fraction of sp³-hybridized carbons (Fsp3) is 0.857. The Morgan fingerprint density at radius 3 is 2.60 bits per heavy atom. The zero-order chi connectivity index (χ0) is 7.56. The Kier molecular flexibility index (Phi) is 2.25. The van der Waals surface area contributed by atoms with Gasteiger partial charge < -0.3 is 5.73 Å². The second-order valence-corrected chi connectivity index (χ2v) is 2.92. The Morgan fingerprint density at radius 1 is 1.50 bits per heavy atom. The van der Waals surface area contributed by atoms with Crippen LogP contribution < -0.4 is 5.73 Å². The highest BCUT2D eigenvalue weighted by Gasteiger charge is 2.22. The average molecular weight is 144 g/mol. The second-order valence-electron chi connectivity index (χ2n) is 2.92. The van der Waals surface area contributed by atoms with Gasteiger partial charge in [0.15, 0.2) is 0 Å². The number of alkyl halides is 1. The van der Waals surface area contributed by atoms with Gasteiger partial charge in [-0.25, -0.2) is 4.39 Å². The molecule has 58 valence electrons. The average Bonchev–Trinajstić information content (AvgIpc) is 1.88. The van der Waals surface area contributed by atoms with Gasteiger partial charge in [0.2, 0.25) is 0 Å². The minimum atomic E-state index is -0.720. The van der Waals surface area contributed by atoms with Crippen molar-refractivity contribution in [3.8, 4) is 0 Å². The molecule has 2 atom stereocenters. The smallest absolute Gasteiger partial charge is 0.101 e. The van der Waals surface area contributed by atoms with E-state index in [9.17, 15) is 4.39 Å². The molecular formula is C7H13FN2. The Balaban J connectivity index is 2.39. The summed E-state index contributed by atoms with van der Waals surface area (Å²) in [4.78, 5) is 0. The molecule has 0 aliphatic heterocycles. The molecule has 0 heterocycles. The van der Waals surface area contributed by atoms with Gasteiger partial charge in [0.25, 0.3) is 0 Å². The maximum Gasteiger partial charge on any atom is 0.101 e. The summed E-state index contributed by atoms with van der Waals surface area (Å²) in [6.07, 6.45) is 2.18. The number of nitrogens with one attached hydrogen (secondary N) is 1. The lowest BCUT2D eigenvalue weighted by molar-refractivity contribution is 0.227. The van der Waals surface area contributed by atoms with Crippen molar-refractivity contribution in [3.63, 3.8) is 0 Å². The topological polar surface area (TPSA) is 49.9 Å². The molecular weight excluding hydrogens is 131 g/mol. The van der Waals surface area contributed by atoms with Crippen molar-refractivity contribution in [2.75, 3.05) is 0 Å². The van der Waals surface area contributed by atoms with Crippen molar-refractivity contribution in [3.05, 3.63) is 0 Å². The third-order valence-electron chi connectivity index (χ3n) is 2.05. The molecule has 0 saturated heterocycles. The molecule has 0 aromatic rings. The molecule has 3 heteroatoms. The number of hydrogen-bond donors (Lipinski definition) is 2. The van der Waals surface area contributed by atoms with Gasteiger partial charge in [-0.3, -0.25) is 5.41 Å². The SMILES string of the molecule is N=C(N)C1CCCC(F)C1. The van der Waals surface area contributed by atoms with Crippen LogP contribution in [-0.4, -0.2) is 12.0 Å². The Labute approximate surface area is 60.1 Å². The van der Waals surface area contributed by atoms with Gasteiger partial charge in [-0.1, -0.05) is 0 Å². The third-order valence-corrected chi connectivity index (χ3v) is 2.05. The van der Waals surface area contributed by atoms with Gasteiger partial charge in [-0.15, -0.1) is 0 Å². The molecule has 1 aliphatic carbocycles. The summed E-state index contributed by atoms with van der Waals surface area (Å²) in [6, 6.07) is 0. The first-order chi connectivity index (χ1) is 4.70. The van der Waals surface area contributed by atoms with E-state index in [1.165, 1.54) is 0 Å². The monoisotopic (exact) mass is 144 g/mol. The summed E-state index contributed by atoms with van der Waals surface area (Å²) in [7, 11) is 0. The summed E-state index contributed by atoms with van der Waals surface area (Å²) in [5.74, 6) is 0.172. The van der Waals surface area contributed by atoms with E-state index in [1.807, 2.05) is 0 Å². The van der Waals surface area contributed by atoms with Crippen molar-refractivity contribution in [1.29, 1.82) is 5.41 Å². The van der Waals surface area contributed by atoms with Crippen LogP contribution in [0.3, 0.4) is 0 Å². The fourth-order valence-corrected chi connectivity index (χ4v) is 1.41. The highest BCUT2D eigenvalue weighted by atomic mass is 19.1. The standard InChI is InChI=1S/C7H13FN2/c8-6-3-1-2-5(4-6)7(9)10/h5-6H,1-4H2,(H3,9,10). The molecule has 0 radical (unpaired) electrons. The van der Waals surface area contributed by atoms with Crippen molar-refractivity contribution in [2.24, 2.45) is 11.7 Å². The predicted octanol–water partition coefficient (Wildman–Crippen LogP) is 1.45. The highest BCUT2D eigenvalue weighted by Crippen LogP contribution is 2.25. The van der Waals surface area contributed by atoms with Crippen LogP contribution in [0.15, 0.2) is 0 Å². The Hall–Kier alpha value is -0.600. The molecule has 1 fully saturated rings. The number of rotatable bonds is 1. The number of nitrogens with two attached hydrogens (primary N) is 1. The summed E-state index contributed by atoms with van der Waals surface area (Å²) < 4.78 is 12.6.